The third-order valence-electron chi connectivity index (χ3n) is 4.07. The number of benzene rings is 1. The molecule has 1 aromatic carbocycles. The minimum atomic E-state index is 0.479. The van der Waals surface area contributed by atoms with Gasteiger partial charge >= 0.3 is 0 Å². The summed E-state index contributed by atoms with van der Waals surface area (Å²) in [5.74, 6) is 2.31. The molecule has 0 spiro atoms. The van der Waals surface area contributed by atoms with E-state index in [1.807, 2.05) is 0 Å². The fourth-order valence-electron chi connectivity index (χ4n) is 2.97. The van der Waals surface area contributed by atoms with Crippen molar-refractivity contribution in [2.24, 2.45) is 0 Å². The molecule has 2 atom stereocenters. The lowest BCUT2D eigenvalue weighted by atomic mass is 9.94. The second-order valence-corrected chi connectivity index (χ2v) is 7.01. The summed E-state index contributed by atoms with van der Waals surface area (Å²) in [6.07, 6.45) is 3.87. The first-order valence-corrected chi connectivity index (χ1v) is 8.72. The molecule has 0 aliphatic carbocycles. The topological polar surface area (TPSA) is 21.3 Å². The van der Waals surface area contributed by atoms with Crippen LogP contribution in [0.2, 0.25) is 0 Å². The van der Waals surface area contributed by atoms with Crippen LogP contribution in [0.1, 0.15) is 48.9 Å². The van der Waals surface area contributed by atoms with Crippen molar-refractivity contribution >= 4 is 11.8 Å². The molecule has 0 aromatic heterocycles. The van der Waals surface area contributed by atoms with Crippen molar-refractivity contribution in [3.63, 3.8) is 0 Å². The van der Waals surface area contributed by atoms with Gasteiger partial charge in [-0.15, -0.1) is 0 Å². The lowest BCUT2D eigenvalue weighted by molar-refractivity contribution is 0.410. The Morgan fingerprint density at radius 2 is 2.15 bits per heavy atom. The third kappa shape index (κ3) is 3.50. The molecular weight excluding hydrogens is 266 g/mol. The molecule has 0 saturated carbocycles. The SMILES string of the molecule is CCCNC(c1cc(C)c(OC)cc1C)C1CCCS1. The molecule has 1 aromatic rings. The van der Waals surface area contributed by atoms with Gasteiger partial charge in [0.1, 0.15) is 5.75 Å². The van der Waals surface area contributed by atoms with Crippen LogP contribution in [-0.2, 0) is 0 Å². The lowest BCUT2D eigenvalue weighted by Crippen LogP contribution is -2.30. The first kappa shape index (κ1) is 15.7. The molecule has 3 heteroatoms. The van der Waals surface area contributed by atoms with Gasteiger partial charge in [0.05, 0.1) is 7.11 Å². The first-order chi connectivity index (χ1) is 9.67. The van der Waals surface area contributed by atoms with E-state index < -0.39 is 0 Å². The largest absolute Gasteiger partial charge is 0.496 e. The predicted molar refractivity (Wildman–Crippen MR) is 89.0 cm³/mol. The van der Waals surface area contributed by atoms with Crippen LogP contribution in [0.15, 0.2) is 12.1 Å². The van der Waals surface area contributed by atoms with Crippen molar-refractivity contribution in [1.29, 1.82) is 0 Å². The maximum Gasteiger partial charge on any atom is 0.122 e. The first-order valence-electron chi connectivity index (χ1n) is 7.67. The molecule has 0 bridgehead atoms. The number of methoxy groups -OCH3 is 1. The lowest BCUT2D eigenvalue weighted by Gasteiger charge is -2.27. The molecule has 1 fully saturated rings. The average molecular weight is 293 g/mol. The number of thioether (sulfide) groups is 1. The molecule has 2 rings (SSSR count). The van der Waals surface area contributed by atoms with Gasteiger partial charge in [0.25, 0.3) is 0 Å². The average Bonchev–Trinajstić information content (AvgIpc) is 2.96. The highest BCUT2D eigenvalue weighted by molar-refractivity contribution is 8.00. The molecule has 112 valence electrons. The van der Waals surface area contributed by atoms with E-state index in [4.69, 9.17) is 4.74 Å². The van der Waals surface area contributed by atoms with Gasteiger partial charge in [0.15, 0.2) is 0 Å². The molecule has 1 heterocycles. The number of hydrogen-bond acceptors (Lipinski definition) is 3. The fraction of sp³-hybridized carbons (Fsp3) is 0.647. The Hall–Kier alpha value is -0.670. The second kappa shape index (κ2) is 7.37. The Kier molecular flexibility index (Phi) is 5.79. The third-order valence-corrected chi connectivity index (χ3v) is 5.53. The second-order valence-electron chi connectivity index (χ2n) is 5.66. The van der Waals surface area contributed by atoms with Crippen molar-refractivity contribution < 1.29 is 4.74 Å². The van der Waals surface area contributed by atoms with E-state index in [0.717, 1.165) is 12.3 Å². The van der Waals surface area contributed by atoms with Crippen LogP contribution in [0.4, 0.5) is 0 Å². The number of aryl methyl sites for hydroxylation is 2. The van der Waals surface area contributed by atoms with Crippen molar-refractivity contribution in [2.75, 3.05) is 19.4 Å². The van der Waals surface area contributed by atoms with E-state index in [-0.39, 0.29) is 0 Å². The molecule has 20 heavy (non-hydrogen) atoms. The summed E-state index contributed by atoms with van der Waals surface area (Å²) < 4.78 is 5.44. The molecule has 0 radical (unpaired) electrons. The molecule has 1 N–H and O–H groups in total. The van der Waals surface area contributed by atoms with Crippen LogP contribution in [0.3, 0.4) is 0 Å². The molecule has 2 unspecified atom stereocenters. The zero-order valence-corrected chi connectivity index (χ0v) is 14.0. The maximum absolute atomic E-state index is 5.44. The smallest absolute Gasteiger partial charge is 0.122 e. The van der Waals surface area contributed by atoms with Gasteiger partial charge in [-0.05, 0) is 68.2 Å². The molecule has 1 aliphatic rings. The van der Waals surface area contributed by atoms with Gasteiger partial charge in [-0.1, -0.05) is 13.0 Å². The van der Waals surface area contributed by atoms with E-state index in [1.165, 1.54) is 41.7 Å². The van der Waals surface area contributed by atoms with E-state index >= 15 is 0 Å². The summed E-state index contributed by atoms with van der Waals surface area (Å²) >= 11 is 2.13. The monoisotopic (exact) mass is 293 g/mol. The van der Waals surface area contributed by atoms with Gasteiger partial charge in [0.2, 0.25) is 0 Å². The van der Waals surface area contributed by atoms with Crippen LogP contribution >= 0.6 is 11.8 Å². The number of hydrogen-bond donors (Lipinski definition) is 1. The normalized spacial score (nSPS) is 20.1. The van der Waals surface area contributed by atoms with Gasteiger partial charge in [-0.25, -0.2) is 0 Å². The standard InChI is InChI=1S/C17H27NOS/c1-5-8-18-17(16-7-6-9-20-16)14-10-13(3)15(19-4)11-12(14)2/h10-11,16-18H,5-9H2,1-4H3. The number of ether oxygens (including phenoxy) is 1. The van der Waals surface area contributed by atoms with Gasteiger partial charge in [0, 0.05) is 11.3 Å². The van der Waals surface area contributed by atoms with E-state index in [9.17, 15) is 0 Å². The van der Waals surface area contributed by atoms with Crippen LogP contribution in [-0.4, -0.2) is 24.7 Å². The number of nitrogens with one attached hydrogen (secondary N) is 1. The van der Waals surface area contributed by atoms with Crippen LogP contribution in [0.25, 0.3) is 0 Å². The molecule has 2 nitrogen and oxygen atoms in total. The molecule has 1 saturated heterocycles. The highest BCUT2D eigenvalue weighted by Crippen LogP contribution is 2.38. The maximum atomic E-state index is 5.44. The zero-order valence-electron chi connectivity index (χ0n) is 13.2. The fourth-order valence-corrected chi connectivity index (χ4v) is 4.38. The summed E-state index contributed by atoms with van der Waals surface area (Å²) in [7, 11) is 1.75. The van der Waals surface area contributed by atoms with Crippen LogP contribution in [0.5, 0.6) is 5.75 Å². The Labute approximate surface area is 127 Å². The highest BCUT2D eigenvalue weighted by atomic mass is 32.2. The van der Waals surface area contributed by atoms with E-state index in [2.05, 4.69) is 50.0 Å². The zero-order chi connectivity index (χ0) is 14.5. The van der Waals surface area contributed by atoms with Crippen LogP contribution < -0.4 is 10.1 Å². The van der Waals surface area contributed by atoms with Crippen LogP contribution in [0, 0.1) is 13.8 Å². The highest BCUT2D eigenvalue weighted by Gasteiger charge is 2.27. The Morgan fingerprint density at radius 3 is 2.75 bits per heavy atom. The summed E-state index contributed by atoms with van der Waals surface area (Å²) in [4.78, 5) is 0. The quantitative estimate of drug-likeness (QED) is 0.847. The van der Waals surface area contributed by atoms with Crippen molar-refractivity contribution in [3.8, 4) is 5.75 Å². The van der Waals surface area contributed by atoms with E-state index in [0.29, 0.717) is 11.3 Å². The molecule has 0 amide bonds. The molecular formula is C17H27NOS. The predicted octanol–water partition coefficient (Wildman–Crippen LogP) is 4.25. The molecule has 1 aliphatic heterocycles. The number of rotatable bonds is 6. The minimum absolute atomic E-state index is 0.479. The summed E-state index contributed by atoms with van der Waals surface area (Å²) in [5.41, 5.74) is 4.03. The van der Waals surface area contributed by atoms with Gasteiger partial charge in [-0.2, -0.15) is 11.8 Å². The Balaban J connectivity index is 2.29. The minimum Gasteiger partial charge on any atom is -0.496 e. The summed E-state index contributed by atoms with van der Waals surface area (Å²) in [6, 6.07) is 4.98. The van der Waals surface area contributed by atoms with Crippen molar-refractivity contribution in [1.82, 2.24) is 5.32 Å². The Bertz CT molecular complexity index is 441. The summed E-state index contributed by atoms with van der Waals surface area (Å²) in [5, 5.41) is 4.49. The van der Waals surface area contributed by atoms with Crippen molar-refractivity contribution in [2.45, 2.75) is 51.3 Å². The van der Waals surface area contributed by atoms with Crippen molar-refractivity contribution in [3.05, 3.63) is 28.8 Å². The van der Waals surface area contributed by atoms with Gasteiger partial charge in [-0.3, -0.25) is 0 Å². The Morgan fingerprint density at radius 1 is 1.35 bits per heavy atom. The van der Waals surface area contributed by atoms with Gasteiger partial charge < -0.3 is 10.1 Å². The van der Waals surface area contributed by atoms with E-state index in [1.54, 1.807) is 7.11 Å². The summed E-state index contributed by atoms with van der Waals surface area (Å²) in [6.45, 7) is 7.67.